The second kappa shape index (κ2) is 7.76. The molecule has 0 radical (unpaired) electrons. The lowest BCUT2D eigenvalue weighted by Crippen LogP contribution is -2.48. The van der Waals surface area contributed by atoms with Crippen LogP contribution in [-0.4, -0.2) is 45.0 Å². The Morgan fingerprint density at radius 1 is 1.22 bits per heavy atom. The molecule has 0 aromatic heterocycles. The van der Waals surface area contributed by atoms with Gasteiger partial charge in [-0.1, -0.05) is 24.3 Å². The van der Waals surface area contributed by atoms with Crippen molar-refractivity contribution in [1.82, 2.24) is 10.2 Å². The smallest absolute Gasteiger partial charge is 0.408 e. The molecule has 7 heteroatoms. The molecular formula is C20H30N2O5. The van der Waals surface area contributed by atoms with E-state index in [4.69, 9.17) is 4.74 Å². The van der Waals surface area contributed by atoms with E-state index in [1.54, 1.807) is 39.8 Å². The minimum atomic E-state index is -1.01. The number of amides is 2. The molecular weight excluding hydrogens is 348 g/mol. The highest BCUT2D eigenvalue weighted by Crippen LogP contribution is 2.39. The number of carbonyl (C=O) groups is 2. The number of hydrogen-bond donors (Lipinski definition) is 3. The molecule has 1 aliphatic heterocycles. The summed E-state index contributed by atoms with van der Waals surface area (Å²) < 4.78 is 5.26. The number of aliphatic hydroxyl groups is 1. The van der Waals surface area contributed by atoms with Crippen molar-refractivity contribution in [1.29, 1.82) is 0 Å². The van der Waals surface area contributed by atoms with Gasteiger partial charge in [-0.3, -0.25) is 0 Å². The minimum Gasteiger partial charge on any atom is -0.465 e. The van der Waals surface area contributed by atoms with E-state index in [0.29, 0.717) is 18.5 Å². The van der Waals surface area contributed by atoms with Crippen molar-refractivity contribution in [2.75, 3.05) is 6.54 Å². The van der Waals surface area contributed by atoms with Crippen molar-refractivity contribution in [3.05, 3.63) is 35.4 Å². The Balaban J connectivity index is 2.08. The first-order valence-electron chi connectivity index (χ1n) is 9.22. The van der Waals surface area contributed by atoms with E-state index < -0.39 is 29.4 Å². The highest BCUT2D eigenvalue weighted by Gasteiger charge is 2.45. The average Bonchev–Trinajstić information content (AvgIpc) is 2.95. The molecule has 2 rings (SSSR count). The lowest BCUT2D eigenvalue weighted by atomic mass is 9.86. The molecule has 150 valence electrons. The number of alkyl carbamates (subject to hydrolysis) is 1. The standard InChI is InChI=1S/C20H30N2O5/c1-13(21-17(24)27-19(2,3)4)14-7-9-15(10-8-14)16(23)20(5)11-6-12-22(20)18(25)26/h7-10,13,16,23H,6,11-12H2,1-5H3,(H,21,24)(H,25,26)/t13-,16?,20-/m0/s1. The van der Waals surface area contributed by atoms with Crippen LogP contribution in [0.3, 0.4) is 0 Å². The van der Waals surface area contributed by atoms with Crippen LogP contribution in [0.5, 0.6) is 0 Å². The van der Waals surface area contributed by atoms with Crippen LogP contribution in [0.4, 0.5) is 9.59 Å². The third-order valence-electron chi connectivity index (χ3n) is 4.99. The molecule has 0 spiro atoms. The summed E-state index contributed by atoms with van der Waals surface area (Å²) in [6.45, 7) is 9.46. The van der Waals surface area contributed by atoms with Gasteiger partial charge in [-0.05, 0) is 58.6 Å². The predicted octanol–water partition coefficient (Wildman–Crippen LogP) is 3.84. The molecule has 27 heavy (non-hydrogen) atoms. The number of likely N-dealkylation sites (tertiary alicyclic amines) is 1. The quantitative estimate of drug-likeness (QED) is 0.739. The van der Waals surface area contributed by atoms with Gasteiger partial charge in [0.05, 0.1) is 11.6 Å². The molecule has 0 saturated carbocycles. The zero-order valence-corrected chi connectivity index (χ0v) is 16.7. The van der Waals surface area contributed by atoms with Crippen molar-refractivity contribution < 1.29 is 24.5 Å². The van der Waals surface area contributed by atoms with Gasteiger partial charge in [-0.2, -0.15) is 0 Å². The topological polar surface area (TPSA) is 99.1 Å². The lowest BCUT2D eigenvalue weighted by Gasteiger charge is -2.37. The molecule has 0 aliphatic carbocycles. The molecule has 3 atom stereocenters. The number of nitrogens with one attached hydrogen (secondary N) is 1. The van der Waals surface area contributed by atoms with Crippen LogP contribution in [0.25, 0.3) is 0 Å². The molecule has 2 amide bonds. The van der Waals surface area contributed by atoms with Crippen molar-refractivity contribution >= 4 is 12.2 Å². The van der Waals surface area contributed by atoms with Crippen LogP contribution < -0.4 is 5.32 Å². The Kier molecular flexibility index (Phi) is 6.04. The van der Waals surface area contributed by atoms with Crippen LogP contribution in [0.15, 0.2) is 24.3 Å². The molecule has 0 bridgehead atoms. The summed E-state index contributed by atoms with van der Waals surface area (Å²) in [4.78, 5) is 24.7. The Bertz CT molecular complexity index is 683. The molecule has 1 fully saturated rings. The van der Waals surface area contributed by atoms with Crippen LogP contribution in [0.2, 0.25) is 0 Å². The average molecular weight is 378 g/mol. The molecule has 3 N–H and O–H groups in total. The number of hydrogen-bond acceptors (Lipinski definition) is 4. The maximum atomic E-state index is 11.9. The number of rotatable bonds is 4. The summed E-state index contributed by atoms with van der Waals surface area (Å²) in [5, 5.41) is 23.0. The van der Waals surface area contributed by atoms with Gasteiger partial charge >= 0.3 is 12.2 Å². The second-order valence-electron chi connectivity index (χ2n) is 8.33. The van der Waals surface area contributed by atoms with Gasteiger partial charge < -0.3 is 25.2 Å². The summed E-state index contributed by atoms with van der Waals surface area (Å²) in [7, 11) is 0. The molecule has 1 aromatic rings. The van der Waals surface area contributed by atoms with E-state index in [0.717, 1.165) is 12.0 Å². The van der Waals surface area contributed by atoms with E-state index in [1.165, 1.54) is 4.90 Å². The molecule has 1 heterocycles. The highest BCUT2D eigenvalue weighted by molar-refractivity contribution is 5.68. The van der Waals surface area contributed by atoms with Gasteiger partial charge in [0.25, 0.3) is 0 Å². The van der Waals surface area contributed by atoms with E-state index in [9.17, 15) is 19.8 Å². The number of nitrogens with zero attached hydrogens (tertiary/aromatic N) is 1. The number of carbonyl (C=O) groups excluding carboxylic acids is 1. The fourth-order valence-corrected chi connectivity index (χ4v) is 3.48. The molecule has 1 aliphatic rings. The lowest BCUT2D eigenvalue weighted by molar-refractivity contribution is 0.00873. The summed E-state index contributed by atoms with van der Waals surface area (Å²) in [5.41, 5.74) is 0.112. The van der Waals surface area contributed by atoms with Crippen LogP contribution in [0, 0.1) is 0 Å². The zero-order valence-electron chi connectivity index (χ0n) is 16.7. The van der Waals surface area contributed by atoms with E-state index in [-0.39, 0.29) is 6.04 Å². The van der Waals surface area contributed by atoms with E-state index >= 15 is 0 Å². The van der Waals surface area contributed by atoms with Crippen molar-refractivity contribution in [2.24, 2.45) is 0 Å². The fourth-order valence-electron chi connectivity index (χ4n) is 3.48. The van der Waals surface area contributed by atoms with Gasteiger partial charge in [0.2, 0.25) is 0 Å². The maximum absolute atomic E-state index is 11.9. The van der Waals surface area contributed by atoms with Gasteiger partial charge in [0, 0.05) is 6.54 Å². The monoisotopic (exact) mass is 378 g/mol. The molecule has 1 unspecified atom stereocenters. The predicted molar refractivity (Wildman–Crippen MR) is 102 cm³/mol. The number of benzene rings is 1. The van der Waals surface area contributed by atoms with Crippen LogP contribution >= 0.6 is 0 Å². The van der Waals surface area contributed by atoms with Crippen LogP contribution in [0.1, 0.15) is 70.7 Å². The van der Waals surface area contributed by atoms with Gasteiger partial charge in [-0.25, -0.2) is 9.59 Å². The number of ether oxygens (including phenoxy) is 1. The first-order chi connectivity index (χ1) is 12.4. The molecule has 1 aromatic carbocycles. The van der Waals surface area contributed by atoms with E-state index in [2.05, 4.69) is 5.32 Å². The number of aliphatic hydroxyl groups excluding tert-OH is 1. The van der Waals surface area contributed by atoms with E-state index in [1.807, 2.05) is 19.1 Å². The maximum Gasteiger partial charge on any atom is 0.408 e. The summed E-state index contributed by atoms with van der Waals surface area (Å²) >= 11 is 0. The van der Waals surface area contributed by atoms with Gasteiger partial charge in [-0.15, -0.1) is 0 Å². The molecule has 7 nitrogen and oxygen atoms in total. The first kappa shape index (κ1) is 21.0. The Hall–Kier alpha value is -2.28. The Morgan fingerprint density at radius 2 is 1.78 bits per heavy atom. The normalized spacial score (nSPS) is 22.2. The van der Waals surface area contributed by atoms with Gasteiger partial charge in [0.15, 0.2) is 0 Å². The molecule has 1 saturated heterocycles. The third kappa shape index (κ3) is 4.91. The van der Waals surface area contributed by atoms with Crippen molar-refractivity contribution in [2.45, 2.75) is 70.7 Å². The summed E-state index contributed by atoms with van der Waals surface area (Å²) in [6.07, 6.45) is -1.08. The third-order valence-corrected chi connectivity index (χ3v) is 4.99. The summed E-state index contributed by atoms with van der Waals surface area (Å²) in [5.74, 6) is 0. The van der Waals surface area contributed by atoms with Gasteiger partial charge in [0.1, 0.15) is 11.7 Å². The highest BCUT2D eigenvalue weighted by atomic mass is 16.6. The first-order valence-corrected chi connectivity index (χ1v) is 9.22. The number of carboxylic acid groups (broad SMARTS) is 1. The Morgan fingerprint density at radius 3 is 2.30 bits per heavy atom. The second-order valence-corrected chi connectivity index (χ2v) is 8.33. The Labute approximate surface area is 160 Å². The van der Waals surface area contributed by atoms with Crippen LogP contribution in [-0.2, 0) is 4.74 Å². The zero-order chi connectivity index (χ0) is 20.4. The largest absolute Gasteiger partial charge is 0.465 e. The van der Waals surface area contributed by atoms with Crippen molar-refractivity contribution in [3.63, 3.8) is 0 Å². The summed E-state index contributed by atoms with van der Waals surface area (Å²) in [6, 6.07) is 6.94. The minimum absolute atomic E-state index is 0.261. The fraction of sp³-hybridized carbons (Fsp3) is 0.600. The SMILES string of the molecule is C[C@H](NC(=O)OC(C)(C)C)c1ccc(C(O)[C@]2(C)CCCN2C(=O)O)cc1. The van der Waals surface area contributed by atoms with Crippen molar-refractivity contribution in [3.8, 4) is 0 Å².